The number of H-pyrrole nitrogens is 1. The first kappa shape index (κ1) is 9.96. The smallest absolute Gasteiger partial charge is 0.153 e. The van der Waals surface area contributed by atoms with Crippen LogP contribution in [0.25, 0.3) is 22.3 Å². The molecule has 0 aliphatic carbocycles. The average molecular weight is 230 g/mol. The summed E-state index contributed by atoms with van der Waals surface area (Å²) in [5.41, 5.74) is 1.57. The predicted molar refractivity (Wildman–Crippen MR) is 61.4 cm³/mol. The molecular weight excluding hydrogens is 222 g/mol. The summed E-state index contributed by atoms with van der Waals surface area (Å²) in [5.74, 6) is -1.35. The summed E-state index contributed by atoms with van der Waals surface area (Å²) in [5, 5.41) is 0.966. The van der Waals surface area contributed by atoms with Crippen molar-refractivity contribution in [2.45, 2.75) is 0 Å². The van der Waals surface area contributed by atoms with Crippen molar-refractivity contribution in [1.82, 2.24) is 9.97 Å². The minimum absolute atomic E-state index is 0.127. The minimum atomic E-state index is -0.678. The van der Waals surface area contributed by atoms with Crippen molar-refractivity contribution in [2.24, 2.45) is 0 Å². The van der Waals surface area contributed by atoms with Gasteiger partial charge in [0.2, 0.25) is 0 Å². The van der Waals surface area contributed by atoms with E-state index in [1.807, 2.05) is 24.3 Å². The molecule has 3 aromatic rings. The molecule has 0 saturated carbocycles. The van der Waals surface area contributed by atoms with Gasteiger partial charge in [-0.2, -0.15) is 0 Å². The molecule has 0 bridgehead atoms. The lowest BCUT2D eigenvalue weighted by molar-refractivity contribution is 0.576. The Kier molecular flexibility index (Phi) is 2.14. The second kappa shape index (κ2) is 3.66. The van der Waals surface area contributed by atoms with Gasteiger partial charge < -0.3 is 4.98 Å². The van der Waals surface area contributed by atoms with E-state index in [0.29, 0.717) is 5.69 Å². The molecule has 0 unspecified atom stereocenters. The highest BCUT2D eigenvalue weighted by molar-refractivity contribution is 5.85. The molecule has 3 rings (SSSR count). The van der Waals surface area contributed by atoms with Gasteiger partial charge in [0.15, 0.2) is 5.82 Å². The molecule has 0 atom stereocenters. The van der Waals surface area contributed by atoms with Crippen LogP contribution in [0.2, 0.25) is 0 Å². The molecule has 0 amide bonds. The Morgan fingerprint density at radius 2 is 1.88 bits per heavy atom. The Morgan fingerprint density at radius 1 is 1.06 bits per heavy atom. The van der Waals surface area contributed by atoms with Gasteiger partial charge in [0.05, 0.1) is 11.9 Å². The molecule has 17 heavy (non-hydrogen) atoms. The number of pyridine rings is 1. The van der Waals surface area contributed by atoms with Crippen LogP contribution >= 0.6 is 0 Å². The first-order valence-corrected chi connectivity index (χ1v) is 5.13. The Balaban J connectivity index is 2.20. The standard InChI is InChI=1S/C13H8F2N2/c14-9-6-10(15)13(16-7-9)12-5-8-3-1-2-4-11(8)17-12/h1-7,17H. The molecule has 0 fully saturated rings. The number of rotatable bonds is 1. The van der Waals surface area contributed by atoms with E-state index in [2.05, 4.69) is 9.97 Å². The maximum absolute atomic E-state index is 13.5. The molecule has 1 N–H and O–H groups in total. The second-order valence-corrected chi connectivity index (χ2v) is 3.75. The third-order valence-electron chi connectivity index (χ3n) is 2.59. The van der Waals surface area contributed by atoms with Gasteiger partial charge in [-0.05, 0) is 12.1 Å². The van der Waals surface area contributed by atoms with Crippen LogP contribution in [-0.2, 0) is 0 Å². The number of para-hydroxylation sites is 1. The SMILES string of the molecule is Fc1cnc(-c2cc3ccccc3[nH]2)c(F)c1. The van der Waals surface area contributed by atoms with Gasteiger partial charge in [-0.1, -0.05) is 18.2 Å². The zero-order valence-electron chi connectivity index (χ0n) is 8.74. The predicted octanol–water partition coefficient (Wildman–Crippen LogP) is 3.51. The topological polar surface area (TPSA) is 28.7 Å². The number of halogens is 2. The number of benzene rings is 1. The van der Waals surface area contributed by atoms with Crippen LogP contribution in [0.3, 0.4) is 0 Å². The van der Waals surface area contributed by atoms with Crippen LogP contribution < -0.4 is 0 Å². The molecule has 2 aromatic heterocycles. The molecule has 0 saturated heterocycles. The van der Waals surface area contributed by atoms with Crippen molar-refractivity contribution >= 4 is 10.9 Å². The number of aromatic nitrogens is 2. The number of nitrogens with one attached hydrogen (secondary N) is 1. The van der Waals surface area contributed by atoms with E-state index in [9.17, 15) is 8.78 Å². The van der Waals surface area contributed by atoms with Crippen molar-refractivity contribution in [2.75, 3.05) is 0 Å². The Morgan fingerprint density at radius 3 is 2.65 bits per heavy atom. The van der Waals surface area contributed by atoms with Gasteiger partial charge in [0.1, 0.15) is 11.5 Å². The normalized spacial score (nSPS) is 10.9. The van der Waals surface area contributed by atoms with E-state index in [4.69, 9.17) is 0 Å². The molecule has 1 aromatic carbocycles. The third-order valence-corrected chi connectivity index (χ3v) is 2.59. The molecule has 84 valence electrons. The number of hydrogen-bond donors (Lipinski definition) is 1. The number of nitrogens with zero attached hydrogens (tertiary/aromatic N) is 1. The van der Waals surface area contributed by atoms with E-state index in [0.717, 1.165) is 23.2 Å². The lowest BCUT2D eigenvalue weighted by Gasteiger charge is -1.98. The quantitative estimate of drug-likeness (QED) is 0.680. The van der Waals surface area contributed by atoms with Crippen molar-refractivity contribution in [3.05, 3.63) is 54.2 Å². The fourth-order valence-electron chi connectivity index (χ4n) is 1.81. The summed E-state index contributed by atoms with van der Waals surface area (Å²) in [6.45, 7) is 0. The molecule has 0 aliphatic rings. The summed E-state index contributed by atoms with van der Waals surface area (Å²) in [6.07, 6.45) is 1.00. The first-order chi connectivity index (χ1) is 8.24. The van der Waals surface area contributed by atoms with E-state index in [-0.39, 0.29) is 5.69 Å². The number of aromatic amines is 1. The maximum Gasteiger partial charge on any atom is 0.153 e. The number of fused-ring (bicyclic) bond motifs is 1. The maximum atomic E-state index is 13.5. The zero-order chi connectivity index (χ0) is 11.8. The van der Waals surface area contributed by atoms with E-state index in [1.54, 1.807) is 6.07 Å². The van der Waals surface area contributed by atoms with Crippen molar-refractivity contribution in [3.63, 3.8) is 0 Å². The summed E-state index contributed by atoms with van der Waals surface area (Å²) in [6, 6.07) is 10.2. The van der Waals surface area contributed by atoms with Crippen LogP contribution in [0.4, 0.5) is 8.78 Å². The fraction of sp³-hybridized carbons (Fsp3) is 0. The molecule has 0 spiro atoms. The van der Waals surface area contributed by atoms with Crippen LogP contribution in [0.1, 0.15) is 0 Å². The number of hydrogen-bond acceptors (Lipinski definition) is 1. The van der Waals surface area contributed by atoms with E-state index in [1.165, 1.54) is 0 Å². The largest absolute Gasteiger partial charge is 0.353 e. The first-order valence-electron chi connectivity index (χ1n) is 5.13. The molecule has 0 radical (unpaired) electrons. The van der Waals surface area contributed by atoms with Crippen LogP contribution in [-0.4, -0.2) is 9.97 Å². The van der Waals surface area contributed by atoms with E-state index >= 15 is 0 Å². The highest BCUT2D eigenvalue weighted by Gasteiger charge is 2.10. The highest BCUT2D eigenvalue weighted by Crippen LogP contribution is 2.24. The van der Waals surface area contributed by atoms with Crippen molar-refractivity contribution in [1.29, 1.82) is 0 Å². The van der Waals surface area contributed by atoms with Gasteiger partial charge in [-0.25, -0.2) is 13.8 Å². The Hall–Kier alpha value is -2.23. The molecule has 4 heteroatoms. The average Bonchev–Trinajstić information content (AvgIpc) is 2.72. The van der Waals surface area contributed by atoms with Crippen molar-refractivity contribution in [3.8, 4) is 11.4 Å². The van der Waals surface area contributed by atoms with E-state index < -0.39 is 11.6 Å². The summed E-state index contributed by atoms with van der Waals surface area (Å²) in [4.78, 5) is 6.81. The monoisotopic (exact) mass is 230 g/mol. The summed E-state index contributed by atoms with van der Waals surface area (Å²) >= 11 is 0. The summed E-state index contributed by atoms with van der Waals surface area (Å²) < 4.78 is 26.3. The van der Waals surface area contributed by atoms with Gasteiger partial charge in [-0.15, -0.1) is 0 Å². The van der Waals surface area contributed by atoms with Gasteiger partial charge in [0.25, 0.3) is 0 Å². The van der Waals surface area contributed by atoms with Crippen LogP contribution in [0, 0.1) is 11.6 Å². The second-order valence-electron chi connectivity index (χ2n) is 3.75. The summed E-state index contributed by atoms with van der Waals surface area (Å²) in [7, 11) is 0. The van der Waals surface area contributed by atoms with Crippen molar-refractivity contribution < 1.29 is 8.78 Å². The third kappa shape index (κ3) is 1.67. The zero-order valence-corrected chi connectivity index (χ0v) is 8.74. The highest BCUT2D eigenvalue weighted by atomic mass is 19.1. The minimum Gasteiger partial charge on any atom is -0.353 e. The molecule has 0 aliphatic heterocycles. The fourth-order valence-corrected chi connectivity index (χ4v) is 1.81. The van der Waals surface area contributed by atoms with Gasteiger partial charge >= 0.3 is 0 Å². The lowest BCUT2D eigenvalue weighted by atomic mass is 10.2. The van der Waals surface area contributed by atoms with Gasteiger partial charge in [-0.3, -0.25) is 0 Å². The van der Waals surface area contributed by atoms with Crippen LogP contribution in [0.15, 0.2) is 42.6 Å². The van der Waals surface area contributed by atoms with Gasteiger partial charge in [0, 0.05) is 17.0 Å². The van der Waals surface area contributed by atoms with Crippen LogP contribution in [0.5, 0.6) is 0 Å². The Labute approximate surface area is 95.9 Å². The molecular formula is C13H8F2N2. The molecule has 2 nitrogen and oxygen atoms in total. The lowest BCUT2D eigenvalue weighted by Crippen LogP contribution is -1.90. The Bertz CT molecular complexity index is 656. The molecule has 2 heterocycles.